The standard InChI is InChI=1S/C27H37FN2O2/c1-18-12-19(2)26(24(13-18)27(5,6)7)32-17-25(31)30-15-20(3)29(14-21(30)4)16-22-8-10-23(28)11-9-22/h8-13,20-21H,14-17H2,1-7H3/t20-,21+/m1/s1. The molecule has 0 radical (unpaired) electrons. The zero-order valence-corrected chi connectivity index (χ0v) is 20.5. The Kier molecular flexibility index (Phi) is 7.29. The molecule has 0 spiro atoms. The third-order valence-electron chi connectivity index (χ3n) is 6.30. The van der Waals surface area contributed by atoms with Crippen molar-refractivity contribution >= 4 is 5.91 Å². The number of nitrogens with zero attached hydrogens (tertiary/aromatic N) is 2. The van der Waals surface area contributed by atoms with Crippen LogP contribution in [0.25, 0.3) is 0 Å². The van der Waals surface area contributed by atoms with E-state index in [1.807, 2.05) is 24.0 Å². The number of amides is 1. The van der Waals surface area contributed by atoms with Crippen LogP contribution in [0, 0.1) is 19.7 Å². The highest BCUT2D eigenvalue weighted by molar-refractivity contribution is 5.78. The lowest BCUT2D eigenvalue weighted by Gasteiger charge is -2.44. The van der Waals surface area contributed by atoms with Crippen LogP contribution in [0.3, 0.4) is 0 Å². The molecule has 1 aliphatic rings. The number of benzene rings is 2. The van der Waals surface area contributed by atoms with Gasteiger partial charge in [0.25, 0.3) is 5.91 Å². The Morgan fingerprint density at radius 3 is 2.34 bits per heavy atom. The van der Waals surface area contributed by atoms with Crippen LogP contribution in [0.15, 0.2) is 36.4 Å². The lowest BCUT2D eigenvalue weighted by molar-refractivity contribution is -0.139. The molecule has 0 aromatic heterocycles. The summed E-state index contributed by atoms with van der Waals surface area (Å²) in [6, 6.07) is 11.2. The second kappa shape index (κ2) is 9.62. The second-order valence-electron chi connectivity index (χ2n) is 10.3. The van der Waals surface area contributed by atoms with Gasteiger partial charge in [-0.15, -0.1) is 0 Å². The predicted molar refractivity (Wildman–Crippen MR) is 128 cm³/mol. The molecule has 2 aromatic rings. The first-order valence-electron chi connectivity index (χ1n) is 11.5. The van der Waals surface area contributed by atoms with Gasteiger partial charge in [-0.2, -0.15) is 0 Å². The summed E-state index contributed by atoms with van der Waals surface area (Å²) in [7, 11) is 0. The summed E-state index contributed by atoms with van der Waals surface area (Å²) in [4.78, 5) is 17.4. The molecule has 1 aliphatic heterocycles. The lowest BCUT2D eigenvalue weighted by atomic mass is 9.84. The summed E-state index contributed by atoms with van der Waals surface area (Å²) in [5.74, 6) is 0.627. The number of carbonyl (C=O) groups excluding carboxylic acids is 1. The van der Waals surface area contributed by atoms with Crippen molar-refractivity contribution in [1.82, 2.24) is 9.80 Å². The van der Waals surface area contributed by atoms with Crippen LogP contribution in [0.4, 0.5) is 4.39 Å². The summed E-state index contributed by atoms with van der Waals surface area (Å²) in [6.07, 6.45) is 0. The maximum atomic E-state index is 13.2. The van der Waals surface area contributed by atoms with Crippen LogP contribution in [0.1, 0.15) is 56.9 Å². The molecular formula is C27H37FN2O2. The second-order valence-corrected chi connectivity index (χ2v) is 10.3. The highest BCUT2D eigenvalue weighted by Gasteiger charge is 2.32. The third kappa shape index (κ3) is 5.69. The predicted octanol–water partition coefficient (Wildman–Crippen LogP) is 5.24. The summed E-state index contributed by atoms with van der Waals surface area (Å²) in [6.45, 7) is 17.1. The molecule has 0 N–H and O–H groups in total. The Morgan fingerprint density at radius 2 is 1.72 bits per heavy atom. The minimum Gasteiger partial charge on any atom is -0.483 e. The van der Waals surface area contributed by atoms with E-state index in [-0.39, 0.29) is 35.8 Å². The first-order chi connectivity index (χ1) is 15.0. The number of halogens is 1. The van der Waals surface area contributed by atoms with Crippen LogP contribution in [-0.4, -0.2) is 47.5 Å². The molecule has 1 saturated heterocycles. The molecule has 0 aliphatic carbocycles. The zero-order valence-electron chi connectivity index (χ0n) is 20.5. The van der Waals surface area contributed by atoms with Gasteiger partial charge in [-0.1, -0.05) is 50.6 Å². The summed E-state index contributed by atoms with van der Waals surface area (Å²) in [5.41, 5.74) is 4.41. The monoisotopic (exact) mass is 440 g/mol. The topological polar surface area (TPSA) is 32.8 Å². The van der Waals surface area contributed by atoms with Crippen molar-refractivity contribution in [2.75, 3.05) is 19.7 Å². The van der Waals surface area contributed by atoms with E-state index in [0.29, 0.717) is 6.54 Å². The molecule has 0 bridgehead atoms. The van der Waals surface area contributed by atoms with Crippen LogP contribution < -0.4 is 4.74 Å². The first kappa shape index (κ1) is 24.2. The van der Waals surface area contributed by atoms with E-state index in [4.69, 9.17) is 4.74 Å². The van der Waals surface area contributed by atoms with Gasteiger partial charge in [0.05, 0.1) is 0 Å². The molecule has 2 aromatic carbocycles. The molecule has 4 nitrogen and oxygen atoms in total. The minimum atomic E-state index is -0.219. The van der Waals surface area contributed by atoms with Gasteiger partial charge < -0.3 is 9.64 Å². The van der Waals surface area contributed by atoms with Crippen molar-refractivity contribution in [2.45, 2.75) is 72.5 Å². The maximum Gasteiger partial charge on any atom is 0.260 e. The van der Waals surface area contributed by atoms with Gasteiger partial charge in [0.1, 0.15) is 11.6 Å². The summed E-state index contributed by atoms with van der Waals surface area (Å²) < 4.78 is 19.3. The van der Waals surface area contributed by atoms with Crippen molar-refractivity contribution in [1.29, 1.82) is 0 Å². The number of aryl methyl sites for hydroxylation is 2. The highest BCUT2D eigenvalue weighted by atomic mass is 19.1. The Bertz CT molecular complexity index is 949. The van der Waals surface area contributed by atoms with Crippen LogP contribution in [-0.2, 0) is 16.8 Å². The van der Waals surface area contributed by atoms with E-state index in [1.165, 1.54) is 17.7 Å². The van der Waals surface area contributed by atoms with Crippen molar-refractivity contribution in [3.63, 3.8) is 0 Å². The van der Waals surface area contributed by atoms with Gasteiger partial charge in [-0.3, -0.25) is 9.69 Å². The smallest absolute Gasteiger partial charge is 0.260 e. The molecule has 2 atom stereocenters. The van der Waals surface area contributed by atoms with E-state index < -0.39 is 0 Å². The zero-order chi connectivity index (χ0) is 23.6. The Labute approximate surface area is 192 Å². The molecule has 3 rings (SSSR count). The number of rotatable bonds is 5. The normalized spacial score (nSPS) is 19.8. The average molecular weight is 441 g/mol. The van der Waals surface area contributed by atoms with E-state index in [2.05, 4.69) is 58.6 Å². The molecule has 32 heavy (non-hydrogen) atoms. The third-order valence-corrected chi connectivity index (χ3v) is 6.30. The Hall–Kier alpha value is -2.40. The number of hydrogen-bond acceptors (Lipinski definition) is 3. The summed E-state index contributed by atoms with van der Waals surface area (Å²) >= 11 is 0. The molecule has 5 heteroatoms. The van der Waals surface area contributed by atoms with Gasteiger partial charge in [-0.05, 0) is 56.4 Å². The fraction of sp³-hybridized carbons (Fsp3) is 0.519. The van der Waals surface area contributed by atoms with Crippen LogP contribution in [0.5, 0.6) is 5.75 Å². The summed E-state index contributed by atoms with van der Waals surface area (Å²) in [5, 5.41) is 0. The lowest BCUT2D eigenvalue weighted by Crippen LogP contribution is -2.58. The van der Waals surface area contributed by atoms with Gasteiger partial charge in [0.15, 0.2) is 6.61 Å². The van der Waals surface area contributed by atoms with E-state index in [0.717, 1.165) is 35.5 Å². The molecule has 0 unspecified atom stereocenters. The van der Waals surface area contributed by atoms with Gasteiger partial charge in [0.2, 0.25) is 0 Å². The Balaban J connectivity index is 1.65. The average Bonchev–Trinajstić information content (AvgIpc) is 2.70. The molecule has 1 fully saturated rings. The molecule has 1 heterocycles. The molecule has 174 valence electrons. The number of hydrogen-bond donors (Lipinski definition) is 0. The number of piperazine rings is 1. The van der Waals surface area contributed by atoms with E-state index >= 15 is 0 Å². The van der Waals surface area contributed by atoms with E-state index in [9.17, 15) is 9.18 Å². The van der Waals surface area contributed by atoms with Crippen LogP contribution >= 0.6 is 0 Å². The number of carbonyl (C=O) groups is 1. The van der Waals surface area contributed by atoms with Crippen molar-refractivity contribution < 1.29 is 13.9 Å². The SMILES string of the molecule is Cc1cc(C)c(OCC(=O)N2C[C@@H](C)N(Cc3ccc(F)cc3)C[C@@H]2C)c(C(C)(C)C)c1. The fourth-order valence-corrected chi connectivity index (χ4v) is 4.51. The van der Waals surface area contributed by atoms with Crippen molar-refractivity contribution in [3.05, 3.63) is 64.5 Å². The maximum absolute atomic E-state index is 13.2. The molecule has 0 saturated carbocycles. The quantitative estimate of drug-likeness (QED) is 0.637. The minimum absolute atomic E-state index is 0.0191. The van der Waals surface area contributed by atoms with Gasteiger partial charge in [-0.25, -0.2) is 4.39 Å². The first-order valence-corrected chi connectivity index (χ1v) is 11.5. The molecule has 1 amide bonds. The fourth-order valence-electron chi connectivity index (χ4n) is 4.51. The van der Waals surface area contributed by atoms with Gasteiger partial charge in [0, 0.05) is 37.3 Å². The van der Waals surface area contributed by atoms with E-state index in [1.54, 1.807) is 0 Å². The van der Waals surface area contributed by atoms with Crippen molar-refractivity contribution in [2.24, 2.45) is 0 Å². The van der Waals surface area contributed by atoms with Crippen LogP contribution in [0.2, 0.25) is 0 Å². The Morgan fingerprint density at radius 1 is 1.06 bits per heavy atom. The largest absolute Gasteiger partial charge is 0.483 e. The van der Waals surface area contributed by atoms with Crippen molar-refractivity contribution in [3.8, 4) is 5.75 Å². The number of ether oxygens (including phenoxy) is 1. The van der Waals surface area contributed by atoms with Gasteiger partial charge >= 0.3 is 0 Å². The highest BCUT2D eigenvalue weighted by Crippen LogP contribution is 2.35. The molecular weight excluding hydrogens is 403 g/mol.